The largest absolute Gasteiger partial charge is 0.747 e. The lowest BCUT2D eigenvalue weighted by Gasteiger charge is -2.15. The minimum Gasteiger partial charge on any atom is -0.747 e. The van der Waals surface area contributed by atoms with Crippen LogP contribution in [0.15, 0.2) is 141 Å². The van der Waals surface area contributed by atoms with E-state index in [1.807, 2.05) is 55.4 Å². The highest BCUT2D eigenvalue weighted by Gasteiger charge is 2.23. The van der Waals surface area contributed by atoms with Gasteiger partial charge in [0, 0.05) is 39.4 Å². The van der Waals surface area contributed by atoms with Crippen molar-refractivity contribution >= 4 is 62.2 Å². The minimum atomic E-state index is -4.68. The van der Waals surface area contributed by atoms with Crippen LogP contribution in [0.5, 0.6) is 0 Å². The number of carbonyl (C=O) groups excluding carboxylic acids is 2. The summed E-state index contributed by atoms with van der Waals surface area (Å²) in [6.07, 6.45) is 28.7. The molecule has 0 fully saturated rings. The third kappa shape index (κ3) is 119. The zero-order chi connectivity index (χ0) is 87.5. The number of carbonyl (C=O) groups is 2. The SMILES string of the molecule is CC.CC.CC.CC.CC(=O)CC(C(C)=O)S(=O)(=O)[O-].CC(C)C.CCCCCCCCCCCCC.CCCCCO.CCCCCO.CCCCCO.CCCCCO.CCN(CC)CCO.O=S(=O)([O-])c1ccccc1.O=S(=O)([O-])c1ccccc1.O=S(=O)([O-])c1ccccc1.O=S(=O)([O-])c1ccccc1. The van der Waals surface area contributed by atoms with Gasteiger partial charge in [0.25, 0.3) is 0 Å². The highest BCUT2D eigenvalue weighted by atomic mass is 32.2. The van der Waals surface area contributed by atoms with Gasteiger partial charge in [-0.25, -0.2) is 42.1 Å². The van der Waals surface area contributed by atoms with E-state index in [0.29, 0.717) is 26.4 Å². The normalized spacial score (nSPS) is 10.2. The molecule has 0 heterocycles. The molecule has 4 aromatic rings. The Labute approximate surface area is 667 Å². The van der Waals surface area contributed by atoms with Crippen molar-refractivity contribution in [3.8, 4) is 0 Å². The molecular formula is C81H154NO22S5-5. The number of hydrogen-bond acceptors (Lipinski definition) is 23. The molecule has 28 heteroatoms. The first-order valence-corrected chi connectivity index (χ1v) is 46.2. The summed E-state index contributed by atoms with van der Waals surface area (Å²) < 4.78 is 154. The predicted octanol–water partition coefficient (Wildman–Crippen LogP) is 17.9. The van der Waals surface area contributed by atoms with Gasteiger partial charge in [-0.1, -0.05) is 326 Å². The van der Waals surface area contributed by atoms with Gasteiger partial charge < -0.3 is 53.2 Å². The van der Waals surface area contributed by atoms with Crippen molar-refractivity contribution < 1.29 is 100.0 Å². The number of hydrogen-bond donors (Lipinski definition) is 5. The summed E-state index contributed by atoms with van der Waals surface area (Å²) in [5.41, 5.74) is 0. The Kier molecular flexibility index (Phi) is 120. The van der Waals surface area contributed by atoms with Crippen LogP contribution in [0.25, 0.3) is 0 Å². The second-order valence-electron chi connectivity index (χ2n) is 23.0. The van der Waals surface area contributed by atoms with Crippen LogP contribution in [0, 0.1) is 5.92 Å². The predicted molar refractivity (Wildman–Crippen MR) is 446 cm³/mol. The first kappa shape index (κ1) is 131. The molecule has 1 unspecified atom stereocenters. The van der Waals surface area contributed by atoms with Crippen molar-refractivity contribution in [1.82, 2.24) is 4.90 Å². The van der Waals surface area contributed by atoms with Gasteiger partial charge in [0.2, 0.25) is 0 Å². The van der Waals surface area contributed by atoms with E-state index in [9.17, 15) is 74.4 Å². The summed E-state index contributed by atoms with van der Waals surface area (Å²) in [5, 5.41) is 39.5. The molecule has 4 rings (SSSR count). The number of ketones is 2. The van der Waals surface area contributed by atoms with Crippen LogP contribution >= 0.6 is 0 Å². The molecule has 0 saturated heterocycles. The third-order valence-corrected chi connectivity index (χ3v) is 17.1. The zero-order valence-electron chi connectivity index (χ0n) is 71.0. The van der Waals surface area contributed by atoms with Gasteiger partial charge in [-0.2, -0.15) is 0 Å². The lowest BCUT2D eigenvalue weighted by atomic mass is 10.1. The Morgan fingerprint density at radius 2 is 0.495 bits per heavy atom. The van der Waals surface area contributed by atoms with Crippen molar-refractivity contribution in [1.29, 1.82) is 0 Å². The molecule has 23 nitrogen and oxygen atoms in total. The quantitative estimate of drug-likeness (QED) is 0.0214. The van der Waals surface area contributed by atoms with Crippen LogP contribution in [0.1, 0.15) is 299 Å². The van der Waals surface area contributed by atoms with Crippen LogP contribution < -0.4 is 0 Å². The zero-order valence-corrected chi connectivity index (χ0v) is 75.1. The fourth-order valence-corrected chi connectivity index (χ4v) is 9.73. The average Bonchev–Trinajstić information content (AvgIpc) is 0.927. The molecule has 0 aliphatic carbocycles. The van der Waals surface area contributed by atoms with Gasteiger partial charge in [-0.3, -0.25) is 9.59 Å². The van der Waals surface area contributed by atoms with Crippen molar-refractivity contribution in [3.63, 3.8) is 0 Å². The maximum absolute atomic E-state index is 10.6. The fraction of sp³-hybridized carbons (Fsp3) is 0.679. The first-order chi connectivity index (χ1) is 51.3. The molecule has 4 aromatic carbocycles. The lowest BCUT2D eigenvalue weighted by Crippen LogP contribution is -2.30. The van der Waals surface area contributed by atoms with Crippen molar-refractivity contribution in [2.45, 2.75) is 324 Å². The first-order valence-electron chi connectivity index (χ1n) is 39.1. The molecule has 0 aromatic heterocycles. The van der Waals surface area contributed by atoms with E-state index < -0.39 is 73.8 Å². The maximum atomic E-state index is 10.6. The Bertz CT molecular complexity index is 2640. The van der Waals surface area contributed by atoms with E-state index in [1.54, 1.807) is 24.3 Å². The summed E-state index contributed by atoms with van der Waals surface area (Å²) in [6, 6.07) is 28.8. The Morgan fingerprint density at radius 3 is 0.578 bits per heavy atom. The monoisotopic (exact) mass is 1650 g/mol. The van der Waals surface area contributed by atoms with E-state index >= 15 is 0 Å². The van der Waals surface area contributed by atoms with E-state index in [1.165, 1.54) is 193 Å². The summed E-state index contributed by atoms with van der Waals surface area (Å²) in [4.78, 5) is 22.5. The van der Waals surface area contributed by atoms with Gasteiger partial charge in [-0.15, -0.1) is 0 Å². The molecule has 0 bridgehead atoms. The number of aliphatic hydroxyl groups excluding tert-OH is 5. The molecule has 1 atom stereocenters. The van der Waals surface area contributed by atoms with Crippen molar-refractivity contribution in [3.05, 3.63) is 121 Å². The summed E-state index contributed by atoms with van der Waals surface area (Å²) >= 11 is 0. The molecule has 0 amide bonds. The number of rotatable bonds is 34. The van der Waals surface area contributed by atoms with Crippen LogP contribution in [0.2, 0.25) is 0 Å². The Morgan fingerprint density at radius 1 is 0.321 bits per heavy atom. The van der Waals surface area contributed by atoms with Crippen LogP contribution in [0.4, 0.5) is 0 Å². The highest BCUT2D eigenvalue weighted by molar-refractivity contribution is 7.87. The van der Waals surface area contributed by atoms with Crippen LogP contribution in [-0.4, -0.2) is 165 Å². The molecule has 0 saturated carbocycles. The number of likely N-dealkylation sites (N-methyl/N-ethyl adjacent to an activating group) is 1. The molecule has 0 radical (unpaired) electrons. The fourth-order valence-electron chi connectivity index (χ4n) is 6.92. The van der Waals surface area contributed by atoms with Crippen LogP contribution in [-0.2, 0) is 60.2 Å². The summed E-state index contributed by atoms with van der Waals surface area (Å²) in [5.74, 6) is -0.449. The topological polar surface area (TPSA) is 425 Å². The highest BCUT2D eigenvalue weighted by Crippen LogP contribution is 2.12. The molecule has 650 valence electrons. The second-order valence-corrected chi connectivity index (χ2v) is 30.0. The molecular weight excluding hydrogens is 1500 g/mol. The van der Waals surface area contributed by atoms with Gasteiger partial charge >= 0.3 is 0 Å². The molecule has 0 aliphatic rings. The summed E-state index contributed by atoms with van der Waals surface area (Å²) in [6.45, 7) is 46.4. The number of aliphatic hydroxyl groups is 5. The van der Waals surface area contributed by atoms with Gasteiger partial charge in [-0.05, 0) is 107 Å². The number of benzene rings is 4. The standard InChI is InChI=1S/C13H28.C6H15NO.C6H10O5S.4C6H6O3S.4C5H12O.C4H10.4C2H6/c1-3-5-7-9-11-13-12-10-8-6-4-2;1-3-7(4-2)5-6-8;1-4(7)3-6(5(2)8)12(9,10)11;4*7-10(8,9)6-4-2-1-3-5-6;4*1-2-3-4-5-6;1-4(2)3;4*1-2/h3-13H2,1-2H3;8H,3-6H2,1-2H3;6H,3H2,1-2H3,(H,9,10,11);4*1-5H,(H,7,8,9);4*6H,2-5H2,1H3;4H,1-3H3;4*1-2H3/p-5. The van der Waals surface area contributed by atoms with Crippen LogP contribution in [0.3, 0.4) is 0 Å². The van der Waals surface area contributed by atoms with Crippen molar-refractivity contribution in [2.24, 2.45) is 5.92 Å². The number of nitrogens with zero attached hydrogens (tertiary/aromatic N) is 1. The van der Waals surface area contributed by atoms with E-state index in [0.717, 1.165) is 90.8 Å². The molecule has 0 aliphatic heterocycles. The molecule has 5 N–H and O–H groups in total. The van der Waals surface area contributed by atoms with E-state index in [4.69, 9.17) is 25.5 Å². The smallest absolute Gasteiger partial charge is 0.147 e. The Hall–Kier alpha value is -4.47. The van der Waals surface area contributed by atoms with E-state index in [-0.39, 0.29) is 26.2 Å². The number of Topliss-reactive ketones (excluding diaryl/α,β-unsaturated/α-hetero) is 2. The third-order valence-electron chi connectivity index (χ3n) is 12.5. The second kappa shape index (κ2) is 99.6. The minimum absolute atomic E-state index is 0.185. The van der Waals surface area contributed by atoms with E-state index in [2.05, 4.69) is 81.1 Å². The average molecular weight is 1650 g/mol. The van der Waals surface area contributed by atoms with Crippen molar-refractivity contribution in [2.75, 3.05) is 52.7 Å². The number of unbranched alkanes of at least 4 members (excludes halogenated alkanes) is 18. The maximum Gasteiger partial charge on any atom is 0.147 e. The molecule has 109 heavy (non-hydrogen) atoms. The van der Waals surface area contributed by atoms with Gasteiger partial charge in [0.1, 0.15) is 67.4 Å². The van der Waals surface area contributed by atoms with Gasteiger partial charge in [0.05, 0.1) is 26.2 Å². The van der Waals surface area contributed by atoms with Gasteiger partial charge in [0.15, 0.2) is 0 Å². The Balaban J connectivity index is -0.0000000943. The summed E-state index contributed by atoms with van der Waals surface area (Å²) in [7, 11) is -21.7. The lowest BCUT2D eigenvalue weighted by molar-refractivity contribution is -0.121. The molecule has 0 spiro atoms.